The number of anilines is 1. The number of amidine groups is 1. The number of carbonyl (C=O) groups is 1. The summed E-state index contributed by atoms with van der Waals surface area (Å²) in [7, 11) is 1.61. The Morgan fingerprint density at radius 3 is 2.33 bits per heavy atom. The molecule has 1 aliphatic rings. The SMILES string of the molecule is COc1ccc(N2C(=O)C(=Cc3ccc(CO)cc3)SC2=Nc2ccccc2)cc1. The van der Waals surface area contributed by atoms with Gasteiger partial charge in [0, 0.05) is 0 Å². The zero-order chi connectivity index (χ0) is 20.9. The molecule has 3 aromatic carbocycles. The van der Waals surface area contributed by atoms with Gasteiger partial charge in [0.25, 0.3) is 5.91 Å². The lowest BCUT2D eigenvalue weighted by Crippen LogP contribution is -2.28. The molecular formula is C24H20N2O3S. The van der Waals surface area contributed by atoms with Gasteiger partial charge in [-0.05, 0) is 65.4 Å². The first-order chi connectivity index (χ1) is 14.7. The molecule has 5 nitrogen and oxygen atoms in total. The first-order valence-electron chi connectivity index (χ1n) is 9.39. The monoisotopic (exact) mass is 416 g/mol. The maximum absolute atomic E-state index is 13.3. The zero-order valence-corrected chi connectivity index (χ0v) is 17.2. The van der Waals surface area contributed by atoms with Gasteiger partial charge in [0.1, 0.15) is 5.75 Å². The van der Waals surface area contributed by atoms with Crippen LogP contribution >= 0.6 is 11.8 Å². The highest BCUT2D eigenvalue weighted by Crippen LogP contribution is 2.37. The second kappa shape index (κ2) is 8.98. The number of carbonyl (C=O) groups excluding carboxylic acids is 1. The van der Waals surface area contributed by atoms with E-state index < -0.39 is 0 Å². The molecule has 30 heavy (non-hydrogen) atoms. The molecule has 0 atom stereocenters. The summed E-state index contributed by atoms with van der Waals surface area (Å²) < 4.78 is 5.23. The molecule has 1 fully saturated rings. The lowest BCUT2D eigenvalue weighted by atomic mass is 10.1. The lowest BCUT2D eigenvalue weighted by Gasteiger charge is -2.16. The van der Waals surface area contributed by atoms with Crippen LogP contribution in [0.15, 0.2) is 88.8 Å². The quantitative estimate of drug-likeness (QED) is 0.595. The van der Waals surface area contributed by atoms with Crippen LogP contribution in [0.1, 0.15) is 11.1 Å². The molecule has 1 aliphatic heterocycles. The van der Waals surface area contributed by atoms with Crippen LogP contribution in [0.3, 0.4) is 0 Å². The van der Waals surface area contributed by atoms with E-state index in [1.54, 1.807) is 12.0 Å². The molecule has 0 aliphatic carbocycles. The fraction of sp³-hybridized carbons (Fsp3) is 0.0833. The summed E-state index contributed by atoms with van der Waals surface area (Å²) in [6, 6.07) is 24.4. The van der Waals surface area contributed by atoms with Gasteiger partial charge < -0.3 is 9.84 Å². The zero-order valence-electron chi connectivity index (χ0n) is 16.4. The van der Waals surface area contributed by atoms with Crippen molar-refractivity contribution in [2.45, 2.75) is 6.61 Å². The molecule has 0 spiro atoms. The largest absolute Gasteiger partial charge is 0.497 e. The van der Waals surface area contributed by atoms with Crippen LogP contribution in [0.4, 0.5) is 11.4 Å². The van der Waals surface area contributed by atoms with Crippen LogP contribution in [0.25, 0.3) is 6.08 Å². The fourth-order valence-electron chi connectivity index (χ4n) is 2.99. The van der Waals surface area contributed by atoms with E-state index in [-0.39, 0.29) is 12.5 Å². The van der Waals surface area contributed by atoms with Crippen LogP contribution in [0.5, 0.6) is 5.75 Å². The number of nitrogens with zero attached hydrogens (tertiary/aromatic N) is 2. The standard InChI is InChI=1S/C24H20N2O3S/c1-29-21-13-11-20(12-14-21)26-23(28)22(15-17-7-9-18(16-27)10-8-17)30-24(26)25-19-5-3-2-4-6-19/h2-15,27H,16H2,1H3. The second-order valence-corrected chi connectivity index (χ2v) is 7.59. The third-order valence-corrected chi connectivity index (χ3v) is 5.55. The third-order valence-electron chi connectivity index (χ3n) is 4.58. The van der Waals surface area contributed by atoms with Crippen LogP contribution in [-0.4, -0.2) is 23.3 Å². The molecule has 1 N–H and O–H groups in total. The summed E-state index contributed by atoms with van der Waals surface area (Å²) in [5.41, 5.74) is 3.22. The molecular weight excluding hydrogens is 396 g/mol. The Balaban J connectivity index is 1.73. The number of aliphatic hydroxyl groups excluding tert-OH is 1. The van der Waals surface area contributed by atoms with Crippen molar-refractivity contribution in [2.24, 2.45) is 4.99 Å². The van der Waals surface area contributed by atoms with Gasteiger partial charge in [0.05, 0.1) is 30.0 Å². The Labute approximate surface area is 179 Å². The van der Waals surface area contributed by atoms with Crippen molar-refractivity contribution >= 4 is 40.3 Å². The number of hydrogen-bond donors (Lipinski definition) is 1. The first-order valence-corrected chi connectivity index (χ1v) is 10.2. The van der Waals surface area contributed by atoms with Crippen LogP contribution in [-0.2, 0) is 11.4 Å². The summed E-state index contributed by atoms with van der Waals surface area (Å²) in [6.07, 6.45) is 1.85. The van der Waals surface area contributed by atoms with Crippen LogP contribution < -0.4 is 9.64 Å². The average molecular weight is 417 g/mol. The van der Waals surface area contributed by atoms with Crippen molar-refractivity contribution in [3.63, 3.8) is 0 Å². The number of thioether (sulfide) groups is 1. The molecule has 0 radical (unpaired) electrons. The van der Waals surface area contributed by atoms with Crippen molar-refractivity contribution < 1.29 is 14.6 Å². The van der Waals surface area contributed by atoms with Gasteiger partial charge in [-0.2, -0.15) is 0 Å². The summed E-state index contributed by atoms with van der Waals surface area (Å²) in [5, 5.41) is 9.82. The van der Waals surface area contributed by atoms with Crippen molar-refractivity contribution in [2.75, 3.05) is 12.0 Å². The molecule has 1 heterocycles. The number of amides is 1. The van der Waals surface area contributed by atoms with Gasteiger partial charge in [-0.15, -0.1) is 0 Å². The predicted molar refractivity (Wildman–Crippen MR) is 122 cm³/mol. The maximum Gasteiger partial charge on any atom is 0.271 e. The van der Waals surface area contributed by atoms with E-state index in [0.29, 0.717) is 10.1 Å². The first kappa shape index (κ1) is 19.9. The lowest BCUT2D eigenvalue weighted by molar-refractivity contribution is -0.113. The van der Waals surface area contributed by atoms with Gasteiger partial charge in [0.2, 0.25) is 0 Å². The third kappa shape index (κ3) is 4.30. The molecule has 3 aromatic rings. The van der Waals surface area contributed by atoms with E-state index in [4.69, 9.17) is 9.73 Å². The summed E-state index contributed by atoms with van der Waals surface area (Å²) >= 11 is 1.34. The highest BCUT2D eigenvalue weighted by molar-refractivity contribution is 8.19. The molecule has 0 saturated carbocycles. The molecule has 1 saturated heterocycles. The number of aliphatic hydroxyl groups is 1. The Morgan fingerprint density at radius 1 is 1.00 bits per heavy atom. The Kier molecular flexibility index (Phi) is 5.97. The maximum atomic E-state index is 13.3. The normalized spacial score (nSPS) is 16.5. The summed E-state index contributed by atoms with van der Waals surface area (Å²) in [4.78, 5) is 20.2. The van der Waals surface area contributed by atoms with Gasteiger partial charge in [-0.3, -0.25) is 9.69 Å². The van der Waals surface area contributed by atoms with Gasteiger partial charge in [-0.25, -0.2) is 4.99 Å². The number of hydrogen-bond acceptors (Lipinski definition) is 5. The van der Waals surface area contributed by atoms with Gasteiger partial charge in [0.15, 0.2) is 5.17 Å². The molecule has 0 aromatic heterocycles. The predicted octanol–water partition coefficient (Wildman–Crippen LogP) is 5.00. The minimum atomic E-state index is -0.133. The van der Waals surface area contributed by atoms with E-state index in [1.807, 2.05) is 84.9 Å². The van der Waals surface area contributed by atoms with Gasteiger partial charge >= 0.3 is 0 Å². The van der Waals surface area contributed by atoms with Crippen molar-refractivity contribution in [1.82, 2.24) is 0 Å². The average Bonchev–Trinajstić information content (AvgIpc) is 3.09. The number of aliphatic imine (C=N–C) groups is 1. The minimum absolute atomic E-state index is 0.0103. The smallest absolute Gasteiger partial charge is 0.271 e. The number of ether oxygens (including phenoxy) is 1. The van der Waals surface area contributed by atoms with Crippen molar-refractivity contribution in [3.8, 4) is 5.75 Å². The van der Waals surface area contributed by atoms with E-state index in [2.05, 4.69) is 0 Å². The molecule has 150 valence electrons. The topological polar surface area (TPSA) is 62.1 Å². The van der Waals surface area contributed by atoms with Crippen molar-refractivity contribution in [1.29, 1.82) is 0 Å². The molecule has 0 unspecified atom stereocenters. The molecule has 1 amide bonds. The van der Waals surface area contributed by atoms with Gasteiger partial charge in [-0.1, -0.05) is 42.5 Å². The Bertz CT molecular complexity index is 1090. The minimum Gasteiger partial charge on any atom is -0.497 e. The fourth-order valence-corrected chi connectivity index (χ4v) is 3.99. The van der Waals surface area contributed by atoms with Crippen molar-refractivity contribution in [3.05, 3.63) is 94.9 Å². The Hall–Kier alpha value is -3.35. The van der Waals surface area contributed by atoms with E-state index in [1.165, 1.54) is 11.8 Å². The van der Waals surface area contributed by atoms with Crippen LogP contribution in [0.2, 0.25) is 0 Å². The Morgan fingerprint density at radius 2 is 1.70 bits per heavy atom. The molecule has 6 heteroatoms. The number of methoxy groups -OCH3 is 1. The van der Waals surface area contributed by atoms with E-state index in [9.17, 15) is 9.90 Å². The highest BCUT2D eigenvalue weighted by atomic mass is 32.2. The number of benzene rings is 3. The van der Waals surface area contributed by atoms with E-state index >= 15 is 0 Å². The number of rotatable bonds is 5. The number of para-hydroxylation sites is 1. The van der Waals surface area contributed by atoms with E-state index in [0.717, 1.165) is 28.3 Å². The van der Waals surface area contributed by atoms with Crippen LogP contribution in [0, 0.1) is 0 Å². The second-order valence-electron chi connectivity index (χ2n) is 6.58. The summed E-state index contributed by atoms with van der Waals surface area (Å²) in [5.74, 6) is 0.588. The highest BCUT2D eigenvalue weighted by Gasteiger charge is 2.34. The summed E-state index contributed by atoms with van der Waals surface area (Å²) in [6.45, 7) is -0.0103. The molecule has 0 bridgehead atoms. The molecule has 4 rings (SSSR count).